The van der Waals surface area contributed by atoms with Gasteiger partial charge in [-0.1, -0.05) is 182 Å². The zero-order valence-corrected chi connectivity index (χ0v) is 41.7. The summed E-state index contributed by atoms with van der Waals surface area (Å²) in [6.07, 6.45) is 6.39. The molecule has 0 N–H and O–H groups in total. The Hall–Kier alpha value is -9.25. The van der Waals surface area contributed by atoms with Crippen molar-refractivity contribution in [1.82, 2.24) is 29.9 Å². The fourth-order valence-electron chi connectivity index (χ4n) is 14.2. The summed E-state index contributed by atoms with van der Waals surface area (Å²) in [6, 6.07) is 76.7. The maximum atomic E-state index is 10.4. The van der Waals surface area contributed by atoms with Gasteiger partial charge in [0.1, 0.15) is 0 Å². The monoisotopic (exact) mass is 975 g/mol. The second-order valence-corrected chi connectivity index (χ2v) is 21.3. The maximum absolute atomic E-state index is 10.4. The highest BCUT2D eigenvalue weighted by molar-refractivity contribution is 6.04. The molecule has 360 valence electrons. The Morgan fingerprint density at radius 1 is 0.316 bits per heavy atom. The van der Waals surface area contributed by atoms with Crippen LogP contribution in [0.25, 0.3) is 112 Å². The third-order valence-corrected chi connectivity index (χ3v) is 17.2. The molecule has 16 rings (SSSR count). The molecule has 0 unspecified atom stereocenters. The van der Waals surface area contributed by atoms with Gasteiger partial charge in [-0.25, -0.2) is 29.9 Å². The van der Waals surface area contributed by atoms with Gasteiger partial charge in [-0.05, 0) is 141 Å². The summed E-state index contributed by atoms with van der Waals surface area (Å²) >= 11 is 0. The van der Waals surface area contributed by atoms with Gasteiger partial charge in [-0.3, -0.25) is 0 Å². The largest absolute Gasteiger partial charge is 0.208 e. The van der Waals surface area contributed by atoms with Gasteiger partial charge in [0.15, 0.2) is 34.9 Å². The predicted molar refractivity (Wildman–Crippen MR) is 302 cm³/mol. The molecule has 1 spiro atoms. The molecule has 0 aliphatic heterocycles. The fourth-order valence-corrected chi connectivity index (χ4v) is 14.2. The average molecular weight is 976 g/mol. The minimum absolute atomic E-state index is 0.145. The van der Waals surface area contributed by atoms with Crippen LogP contribution in [-0.2, 0) is 5.41 Å². The molecule has 0 amide bonds. The Kier molecular flexibility index (Phi) is 10.3. The fraction of sp³-hybridized carbons (Fsp3) is 0.145. The van der Waals surface area contributed by atoms with E-state index >= 15 is 0 Å². The van der Waals surface area contributed by atoms with Crippen LogP contribution in [0.2, 0.25) is 0 Å². The number of nitrogens with zero attached hydrogens (tertiary/aromatic N) is 7. The van der Waals surface area contributed by atoms with E-state index in [1.54, 1.807) is 0 Å². The summed E-state index contributed by atoms with van der Waals surface area (Å²) in [4.78, 5) is 30.7. The van der Waals surface area contributed by atoms with Crippen LogP contribution in [0.15, 0.2) is 212 Å². The first-order valence-electron chi connectivity index (χ1n) is 26.7. The summed E-state index contributed by atoms with van der Waals surface area (Å²) in [5, 5.41) is 12.7. The first-order valence-corrected chi connectivity index (χ1v) is 26.7. The van der Waals surface area contributed by atoms with E-state index in [2.05, 4.69) is 103 Å². The Bertz CT molecular complexity index is 3990. The Morgan fingerprint density at radius 2 is 0.711 bits per heavy atom. The standard InChI is InChI=1S/C69H49N7/c70-41-42-27-30-59(68-75-65(47-19-9-3-10-20-47)72-66(76-68)48-21-11-4-12-22-48)60(38-42)50-29-32-57-56-31-28-49(39-61(56)69(62(57)40-50)51-34-43-33-44(36-51)37-52(69)35-43)53-23-13-25-55-54(53)24-14-26-58(55)67-73-63(45-15-5-1-6-16-45)71-64(74-67)46-17-7-2-8-18-46/h1-32,38-40,43-44,51-52H,33-37H2. The van der Waals surface area contributed by atoms with Crippen LogP contribution >= 0.6 is 0 Å². The Labute approximate surface area is 441 Å². The molecular formula is C69H49N7. The Morgan fingerprint density at radius 3 is 1.17 bits per heavy atom. The van der Waals surface area contributed by atoms with Crippen LogP contribution in [0.4, 0.5) is 0 Å². The highest BCUT2D eigenvalue weighted by atomic mass is 15.0. The normalized spacial score (nSPS) is 19.6. The molecule has 9 aromatic carbocycles. The summed E-state index contributed by atoms with van der Waals surface area (Å²) in [5.74, 6) is 6.36. The van der Waals surface area contributed by atoms with Crippen molar-refractivity contribution in [2.45, 2.75) is 37.5 Å². The number of rotatable bonds is 8. The smallest absolute Gasteiger partial charge is 0.164 e. The summed E-state index contributed by atoms with van der Waals surface area (Å²) in [5.41, 5.74) is 16.0. The first kappa shape index (κ1) is 44.3. The van der Waals surface area contributed by atoms with E-state index in [-0.39, 0.29) is 5.41 Å². The molecule has 76 heavy (non-hydrogen) atoms. The number of hydrogen-bond acceptors (Lipinski definition) is 7. The van der Waals surface area contributed by atoms with Gasteiger partial charge in [0, 0.05) is 38.8 Å². The van der Waals surface area contributed by atoms with Gasteiger partial charge in [-0.15, -0.1) is 0 Å². The molecule has 7 nitrogen and oxygen atoms in total. The number of benzene rings is 9. The molecule has 7 heteroatoms. The van der Waals surface area contributed by atoms with Crippen molar-refractivity contribution in [2.24, 2.45) is 23.7 Å². The van der Waals surface area contributed by atoms with Gasteiger partial charge >= 0.3 is 0 Å². The second-order valence-electron chi connectivity index (χ2n) is 21.3. The zero-order valence-electron chi connectivity index (χ0n) is 41.7. The molecule has 4 fully saturated rings. The van der Waals surface area contributed by atoms with Crippen molar-refractivity contribution in [3.8, 4) is 108 Å². The van der Waals surface area contributed by atoms with Gasteiger partial charge < -0.3 is 0 Å². The van der Waals surface area contributed by atoms with Crippen molar-refractivity contribution < 1.29 is 0 Å². The second kappa shape index (κ2) is 17.7. The minimum Gasteiger partial charge on any atom is -0.208 e. The van der Waals surface area contributed by atoms with E-state index in [9.17, 15) is 5.26 Å². The topological polar surface area (TPSA) is 101 Å². The average Bonchev–Trinajstić information content (AvgIpc) is 4.03. The molecule has 4 saturated carbocycles. The van der Waals surface area contributed by atoms with E-state index in [1.807, 2.05) is 115 Å². The van der Waals surface area contributed by atoms with Crippen LogP contribution in [0.5, 0.6) is 0 Å². The highest BCUT2D eigenvalue weighted by Gasteiger charge is 2.61. The molecule has 0 saturated heterocycles. The van der Waals surface area contributed by atoms with Crippen LogP contribution < -0.4 is 0 Å². The summed E-state index contributed by atoms with van der Waals surface area (Å²) in [6.45, 7) is 0. The molecule has 5 aliphatic rings. The van der Waals surface area contributed by atoms with Crippen LogP contribution in [-0.4, -0.2) is 29.9 Å². The van der Waals surface area contributed by atoms with Gasteiger partial charge in [-0.2, -0.15) is 5.26 Å². The van der Waals surface area contributed by atoms with Crippen LogP contribution in [0.3, 0.4) is 0 Å². The minimum atomic E-state index is -0.145. The third-order valence-electron chi connectivity index (χ3n) is 17.2. The number of nitriles is 1. The third kappa shape index (κ3) is 7.16. The predicted octanol–water partition coefficient (Wildman–Crippen LogP) is 16.1. The molecule has 4 bridgehead atoms. The lowest BCUT2D eigenvalue weighted by molar-refractivity contribution is -0.0399. The van der Waals surface area contributed by atoms with Crippen molar-refractivity contribution in [3.63, 3.8) is 0 Å². The lowest BCUT2D eigenvalue weighted by Crippen LogP contribution is -2.55. The van der Waals surface area contributed by atoms with Gasteiger partial charge in [0.25, 0.3) is 0 Å². The quantitative estimate of drug-likeness (QED) is 0.149. The van der Waals surface area contributed by atoms with Crippen molar-refractivity contribution in [2.75, 3.05) is 0 Å². The molecule has 11 aromatic rings. The first-order chi connectivity index (χ1) is 37.5. The van der Waals surface area contributed by atoms with Crippen molar-refractivity contribution in [3.05, 3.63) is 229 Å². The van der Waals surface area contributed by atoms with Crippen molar-refractivity contribution in [1.29, 1.82) is 5.26 Å². The van der Waals surface area contributed by atoms with E-state index in [4.69, 9.17) is 29.9 Å². The maximum Gasteiger partial charge on any atom is 0.164 e. The lowest BCUT2D eigenvalue weighted by Gasteiger charge is -2.61. The van der Waals surface area contributed by atoms with Crippen LogP contribution in [0, 0.1) is 35.0 Å². The molecule has 2 heterocycles. The van der Waals surface area contributed by atoms with Crippen LogP contribution in [0.1, 0.15) is 48.8 Å². The number of fused-ring (bicyclic) bond motifs is 4. The van der Waals surface area contributed by atoms with E-state index in [0.717, 1.165) is 67.1 Å². The molecule has 2 aromatic heterocycles. The Balaban J connectivity index is 0.881. The summed E-state index contributed by atoms with van der Waals surface area (Å²) < 4.78 is 0. The van der Waals surface area contributed by atoms with Gasteiger partial charge in [0.05, 0.1) is 11.6 Å². The SMILES string of the molecule is N#Cc1ccc(-c2nc(-c3ccccc3)nc(-c3ccccc3)n2)c(-c2ccc3c(c2)C2(c4cc(-c5cccc6c(-c7nc(-c8ccccc8)nc(-c8ccccc8)n7)cccc56)ccc4-3)C3CC4CC(C3)CC2C4)c1. The van der Waals surface area contributed by atoms with E-state index in [0.29, 0.717) is 52.3 Å². The number of aromatic nitrogens is 6. The lowest BCUT2D eigenvalue weighted by atomic mass is 9.43. The van der Waals surface area contributed by atoms with Gasteiger partial charge in [0.2, 0.25) is 0 Å². The van der Waals surface area contributed by atoms with Crippen molar-refractivity contribution >= 4 is 10.8 Å². The highest BCUT2D eigenvalue weighted by Crippen LogP contribution is 2.70. The molecule has 5 aliphatic carbocycles. The number of hydrogen-bond donors (Lipinski definition) is 0. The molecule has 0 atom stereocenters. The summed E-state index contributed by atoms with van der Waals surface area (Å²) in [7, 11) is 0. The van der Waals surface area contributed by atoms with E-state index < -0.39 is 0 Å². The zero-order chi connectivity index (χ0) is 50.3. The van der Waals surface area contributed by atoms with E-state index in [1.165, 1.54) is 65.5 Å². The molecular weight excluding hydrogens is 927 g/mol. The molecule has 0 radical (unpaired) electrons.